The molecule has 0 aliphatic heterocycles. The molecule has 0 aliphatic rings. The molecule has 0 aromatic heterocycles. The van der Waals surface area contributed by atoms with E-state index in [4.69, 9.17) is 5.11 Å². The van der Waals surface area contributed by atoms with Crippen LogP contribution >= 0.6 is 0 Å². The van der Waals surface area contributed by atoms with Gasteiger partial charge < -0.3 is 10.4 Å². The quantitative estimate of drug-likeness (QED) is 0.496. The minimum Gasteiger partial charge on any atom is -0.481 e. The molecule has 0 aliphatic carbocycles. The molecule has 0 saturated heterocycles. The molecule has 1 aromatic carbocycles. The fraction of sp³-hybridized carbons (Fsp3) is 0.364. The molecule has 19 heavy (non-hydrogen) atoms. The number of halogens is 5. The summed E-state index contributed by atoms with van der Waals surface area (Å²) < 4.78 is 65.2. The molecule has 0 radical (unpaired) electrons. The Morgan fingerprint density at radius 3 is 1.84 bits per heavy atom. The topological polar surface area (TPSA) is 49.3 Å². The van der Waals surface area contributed by atoms with Gasteiger partial charge in [-0.1, -0.05) is 6.92 Å². The second kappa shape index (κ2) is 5.85. The highest BCUT2D eigenvalue weighted by Crippen LogP contribution is 2.28. The Morgan fingerprint density at radius 1 is 1.05 bits per heavy atom. The van der Waals surface area contributed by atoms with E-state index < -0.39 is 53.2 Å². The maximum atomic E-state index is 13.3. The molecule has 0 saturated carbocycles. The number of carboxylic acid groups (broad SMARTS) is 1. The highest BCUT2D eigenvalue weighted by atomic mass is 19.2. The van der Waals surface area contributed by atoms with Crippen LogP contribution in [0.5, 0.6) is 0 Å². The van der Waals surface area contributed by atoms with Crippen molar-refractivity contribution in [3.05, 3.63) is 29.1 Å². The minimum atomic E-state index is -2.26. The van der Waals surface area contributed by atoms with Crippen LogP contribution in [0.2, 0.25) is 0 Å². The zero-order valence-corrected chi connectivity index (χ0v) is 9.74. The molecule has 106 valence electrons. The van der Waals surface area contributed by atoms with Crippen molar-refractivity contribution >= 4 is 11.7 Å². The van der Waals surface area contributed by atoms with Crippen LogP contribution in [0.4, 0.5) is 27.6 Å². The summed E-state index contributed by atoms with van der Waals surface area (Å²) in [6.07, 6.45) is -0.387. The molecule has 0 fully saturated rings. The van der Waals surface area contributed by atoms with Crippen molar-refractivity contribution in [2.75, 3.05) is 5.32 Å². The third kappa shape index (κ3) is 3.12. The van der Waals surface area contributed by atoms with E-state index in [1.54, 1.807) is 0 Å². The Hall–Kier alpha value is -1.86. The van der Waals surface area contributed by atoms with Crippen LogP contribution in [0.25, 0.3) is 0 Å². The number of nitrogens with one attached hydrogen (secondary N) is 1. The van der Waals surface area contributed by atoms with Crippen molar-refractivity contribution in [3.8, 4) is 0 Å². The van der Waals surface area contributed by atoms with E-state index in [0.29, 0.717) is 0 Å². The van der Waals surface area contributed by atoms with Gasteiger partial charge in [0.25, 0.3) is 0 Å². The first-order valence-electron chi connectivity index (χ1n) is 5.29. The fourth-order valence-corrected chi connectivity index (χ4v) is 1.44. The number of carbonyl (C=O) groups is 1. The van der Waals surface area contributed by atoms with Crippen molar-refractivity contribution in [3.63, 3.8) is 0 Å². The van der Waals surface area contributed by atoms with Crippen molar-refractivity contribution in [1.29, 1.82) is 0 Å². The zero-order valence-electron chi connectivity index (χ0n) is 9.74. The molecule has 0 bridgehead atoms. The van der Waals surface area contributed by atoms with Gasteiger partial charge in [-0.15, -0.1) is 0 Å². The van der Waals surface area contributed by atoms with Crippen LogP contribution in [-0.4, -0.2) is 17.1 Å². The second-order valence-corrected chi connectivity index (χ2v) is 3.79. The molecule has 1 aromatic rings. The number of anilines is 1. The van der Waals surface area contributed by atoms with Crippen LogP contribution in [-0.2, 0) is 4.79 Å². The maximum absolute atomic E-state index is 13.3. The lowest BCUT2D eigenvalue weighted by Gasteiger charge is -2.18. The molecule has 0 amide bonds. The van der Waals surface area contributed by atoms with E-state index in [1.165, 1.54) is 6.92 Å². The Bertz CT molecular complexity index is 477. The normalized spacial score (nSPS) is 12.3. The van der Waals surface area contributed by atoms with E-state index >= 15 is 0 Å². The molecule has 0 spiro atoms. The standard InChI is InChI=1S/C11H10F5NO2/c1-2-4(3-5(18)19)17-11-9(15)7(13)6(12)8(14)10(11)16/h4,17H,2-3H2,1H3,(H,18,19). The Kier molecular flexibility index (Phi) is 4.68. The van der Waals surface area contributed by atoms with Gasteiger partial charge in [-0.25, -0.2) is 22.0 Å². The molecule has 1 rings (SSSR count). The number of carboxylic acids is 1. The van der Waals surface area contributed by atoms with Crippen LogP contribution in [0, 0.1) is 29.1 Å². The third-order valence-electron chi connectivity index (χ3n) is 2.47. The predicted molar refractivity (Wildman–Crippen MR) is 56.2 cm³/mol. The lowest BCUT2D eigenvalue weighted by atomic mass is 10.1. The highest BCUT2D eigenvalue weighted by molar-refractivity contribution is 5.68. The molecule has 8 heteroatoms. The molecular formula is C11H10F5NO2. The number of aliphatic carboxylic acids is 1. The molecular weight excluding hydrogens is 273 g/mol. The second-order valence-electron chi connectivity index (χ2n) is 3.79. The first-order valence-corrected chi connectivity index (χ1v) is 5.29. The van der Waals surface area contributed by atoms with Gasteiger partial charge in [0.05, 0.1) is 6.42 Å². The first kappa shape index (κ1) is 15.2. The van der Waals surface area contributed by atoms with E-state index in [0.717, 1.165) is 0 Å². The highest BCUT2D eigenvalue weighted by Gasteiger charge is 2.27. The van der Waals surface area contributed by atoms with Crippen molar-refractivity contribution in [1.82, 2.24) is 0 Å². The van der Waals surface area contributed by atoms with Crippen LogP contribution in [0.1, 0.15) is 19.8 Å². The molecule has 0 heterocycles. The van der Waals surface area contributed by atoms with Gasteiger partial charge in [0, 0.05) is 6.04 Å². The van der Waals surface area contributed by atoms with Crippen molar-refractivity contribution in [2.24, 2.45) is 0 Å². The molecule has 3 nitrogen and oxygen atoms in total. The summed E-state index contributed by atoms with van der Waals surface area (Å²) >= 11 is 0. The summed E-state index contributed by atoms with van der Waals surface area (Å²) in [5, 5.41) is 10.6. The average molecular weight is 283 g/mol. The summed E-state index contributed by atoms with van der Waals surface area (Å²) in [4.78, 5) is 10.5. The van der Waals surface area contributed by atoms with E-state index in [-0.39, 0.29) is 6.42 Å². The zero-order chi connectivity index (χ0) is 14.7. The summed E-state index contributed by atoms with van der Waals surface area (Å²) in [5.41, 5.74) is -1.22. The van der Waals surface area contributed by atoms with Gasteiger partial charge in [0.1, 0.15) is 5.69 Å². The summed E-state index contributed by atoms with van der Waals surface area (Å²) in [5.74, 6) is -11.7. The monoisotopic (exact) mass is 283 g/mol. The number of hydrogen-bond acceptors (Lipinski definition) is 2. The Balaban J connectivity index is 3.17. The summed E-state index contributed by atoms with van der Waals surface area (Å²) in [6, 6.07) is -0.953. The van der Waals surface area contributed by atoms with Crippen LogP contribution < -0.4 is 5.32 Å². The lowest BCUT2D eigenvalue weighted by molar-refractivity contribution is -0.137. The summed E-state index contributed by atoms with van der Waals surface area (Å²) in [7, 11) is 0. The molecule has 1 unspecified atom stereocenters. The van der Waals surface area contributed by atoms with Gasteiger partial charge in [0.2, 0.25) is 5.82 Å². The third-order valence-corrected chi connectivity index (χ3v) is 2.47. The number of benzene rings is 1. The largest absolute Gasteiger partial charge is 0.481 e. The SMILES string of the molecule is CCC(CC(=O)O)Nc1c(F)c(F)c(F)c(F)c1F. The Labute approximate surface area is 105 Å². The van der Waals surface area contributed by atoms with E-state index in [9.17, 15) is 26.7 Å². The van der Waals surface area contributed by atoms with Crippen molar-refractivity contribution in [2.45, 2.75) is 25.8 Å². The van der Waals surface area contributed by atoms with E-state index in [2.05, 4.69) is 0 Å². The van der Waals surface area contributed by atoms with Gasteiger partial charge in [-0.3, -0.25) is 4.79 Å². The fourth-order valence-electron chi connectivity index (χ4n) is 1.44. The molecule has 1 atom stereocenters. The first-order chi connectivity index (χ1) is 8.79. The minimum absolute atomic E-state index is 0.131. The lowest BCUT2D eigenvalue weighted by Crippen LogP contribution is -2.24. The Morgan fingerprint density at radius 2 is 1.47 bits per heavy atom. The van der Waals surface area contributed by atoms with Gasteiger partial charge in [0.15, 0.2) is 23.3 Å². The van der Waals surface area contributed by atoms with Crippen LogP contribution in [0.15, 0.2) is 0 Å². The van der Waals surface area contributed by atoms with Crippen molar-refractivity contribution < 1.29 is 31.9 Å². The van der Waals surface area contributed by atoms with Gasteiger partial charge in [-0.2, -0.15) is 0 Å². The molecule has 2 N–H and O–H groups in total. The van der Waals surface area contributed by atoms with E-state index in [1.807, 2.05) is 5.32 Å². The van der Waals surface area contributed by atoms with Crippen LogP contribution in [0.3, 0.4) is 0 Å². The number of hydrogen-bond donors (Lipinski definition) is 2. The maximum Gasteiger partial charge on any atom is 0.305 e. The average Bonchev–Trinajstić information content (AvgIpc) is 2.37. The smallest absolute Gasteiger partial charge is 0.305 e. The summed E-state index contributed by atoms with van der Waals surface area (Å²) in [6.45, 7) is 1.51. The number of rotatable bonds is 5. The van der Waals surface area contributed by atoms with Gasteiger partial charge >= 0.3 is 5.97 Å². The van der Waals surface area contributed by atoms with Gasteiger partial charge in [-0.05, 0) is 6.42 Å². The predicted octanol–water partition coefficient (Wildman–Crippen LogP) is 3.05.